The highest BCUT2D eigenvalue weighted by molar-refractivity contribution is 5.82. The zero-order valence-electron chi connectivity index (χ0n) is 17.1. The predicted octanol–water partition coefficient (Wildman–Crippen LogP) is 0.311. The van der Waals surface area contributed by atoms with E-state index in [2.05, 4.69) is 10.3 Å². The summed E-state index contributed by atoms with van der Waals surface area (Å²) in [4.78, 5) is 40.4. The molecule has 0 saturated carbocycles. The number of anilines is 2. The second kappa shape index (κ2) is 9.38. The fourth-order valence-electron chi connectivity index (χ4n) is 3.23. The van der Waals surface area contributed by atoms with Crippen LogP contribution in [0.3, 0.4) is 0 Å². The first-order valence-electron chi connectivity index (χ1n) is 9.89. The van der Waals surface area contributed by atoms with Gasteiger partial charge in [-0.25, -0.2) is 4.79 Å². The van der Waals surface area contributed by atoms with Gasteiger partial charge in [0, 0.05) is 13.6 Å². The number of carbonyl (C=O) groups is 1. The van der Waals surface area contributed by atoms with Crippen LogP contribution < -0.4 is 36.7 Å². The number of carbonyl (C=O) groups excluding carboxylic acids is 1. The van der Waals surface area contributed by atoms with Crippen molar-refractivity contribution in [3.05, 3.63) is 45.1 Å². The zero-order chi connectivity index (χ0) is 21.7. The number of para-hydroxylation sites is 2. The van der Waals surface area contributed by atoms with E-state index in [1.54, 1.807) is 13.1 Å². The van der Waals surface area contributed by atoms with E-state index in [-0.39, 0.29) is 36.6 Å². The Bertz CT molecular complexity index is 1020. The fourth-order valence-corrected chi connectivity index (χ4v) is 3.23. The molecule has 3 rings (SSSR count). The number of fused-ring (bicyclic) bond motifs is 1. The molecule has 0 fully saturated rings. The zero-order valence-corrected chi connectivity index (χ0v) is 17.1. The summed E-state index contributed by atoms with van der Waals surface area (Å²) in [6.45, 7) is 2.85. The Morgan fingerprint density at radius 1 is 1.33 bits per heavy atom. The number of likely N-dealkylation sites (N-methyl/N-ethyl adjacent to an activating group) is 1. The number of aromatic nitrogens is 2. The Balaban J connectivity index is 1.61. The average molecular weight is 417 g/mol. The van der Waals surface area contributed by atoms with Crippen LogP contribution in [0.2, 0.25) is 0 Å². The van der Waals surface area contributed by atoms with Crippen molar-refractivity contribution in [1.82, 2.24) is 14.9 Å². The van der Waals surface area contributed by atoms with Gasteiger partial charge in [-0.15, -0.1) is 0 Å². The predicted molar refractivity (Wildman–Crippen MR) is 113 cm³/mol. The SMILES string of the molecule is CCCCn1c(N)c(N(C)CC(=O)NC[C@H]2COc3ccccc3O2)c(=O)[nH]c1=O. The Hall–Kier alpha value is -3.43. The summed E-state index contributed by atoms with van der Waals surface area (Å²) in [5.74, 6) is 1.04. The highest BCUT2D eigenvalue weighted by atomic mass is 16.6. The van der Waals surface area contributed by atoms with Crippen LogP contribution in [0.25, 0.3) is 0 Å². The van der Waals surface area contributed by atoms with Gasteiger partial charge in [0.2, 0.25) is 5.91 Å². The van der Waals surface area contributed by atoms with Gasteiger partial charge in [-0.1, -0.05) is 25.5 Å². The molecule has 0 spiro atoms. The number of aromatic amines is 1. The molecular formula is C20H27N5O5. The minimum Gasteiger partial charge on any atom is -0.486 e. The Kier molecular flexibility index (Phi) is 6.65. The lowest BCUT2D eigenvalue weighted by molar-refractivity contribution is -0.120. The minimum atomic E-state index is -0.624. The summed E-state index contributed by atoms with van der Waals surface area (Å²) >= 11 is 0. The summed E-state index contributed by atoms with van der Waals surface area (Å²) < 4.78 is 12.8. The van der Waals surface area contributed by atoms with Crippen LogP contribution in [0.5, 0.6) is 11.5 Å². The van der Waals surface area contributed by atoms with E-state index in [1.807, 2.05) is 25.1 Å². The molecule has 0 bridgehead atoms. The van der Waals surface area contributed by atoms with Crippen molar-refractivity contribution < 1.29 is 14.3 Å². The number of rotatable bonds is 8. The van der Waals surface area contributed by atoms with Crippen LogP contribution >= 0.6 is 0 Å². The molecule has 0 aliphatic carbocycles. The van der Waals surface area contributed by atoms with Crippen LogP contribution in [0.4, 0.5) is 11.5 Å². The number of nitrogens with zero attached hydrogens (tertiary/aromatic N) is 2. The third kappa shape index (κ3) is 4.76. The summed E-state index contributed by atoms with van der Waals surface area (Å²) in [5, 5.41) is 2.78. The molecular weight excluding hydrogens is 390 g/mol. The molecule has 1 aromatic carbocycles. The first-order chi connectivity index (χ1) is 14.4. The molecule has 10 heteroatoms. The number of nitrogen functional groups attached to an aromatic ring is 1. The Morgan fingerprint density at radius 2 is 2.07 bits per heavy atom. The molecule has 4 N–H and O–H groups in total. The molecule has 1 amide bonds. The topological polar surface area (TPSA) is 132 Å². The van der Waals surface area contributed by atoms with Gasteiger partial charge >= 0.3 is 5.69 Å². The van der Waals surface area contributed by atoms with Crippen LogP contribution in [0.15, 0.2) is 33.9 Å². The monoisotopic (exact) mass is 417 g/mol. The molecule has 2 heterocycles. The van der Waals surface area contributed by atoms with Crippen molar-refractivity contribution >= 4 is 17.4 Å². The Morgan fingerprint density at radius 3 is 2.80 bits per heavy atom. The second-order valence-corrected chi connectivity index (χ2v) is 7.16. The van der Waals surface area contributed by atoms with Crippen LogP contribution in [0, 0.1) is 0 Å². The van der Waals surface area contributed by atoms with Crippen molar-refractivity contribution in [3.63, 3.8) is 0 Å². The van der Waals surface area contributed by atoms with Gasteiger partial charge in [-0.05, 0) is 18.6 Å². The van der Waals surface area contributed by atoms with E-state index >= 15 is 0 Å². The van der Waals surface area contributed by atoms with E-state index in [4.69, 9.17) is 15.2 Å². The van der Waals surface area contributed by atoms with Crippen molar-refractivity contribution in [2.75, 3.05) is 37.4 Å². The molecule has 1 aliphatic heterocycles. The van der Waals surface area contributed by atoms with Gasteiger partial charge in [0.15, 0.2) is 11.5 Å². The lowest BCUT2D eigenvalue weighted by atomic mass is 10.2. The number of nitrogens with two attached hydrogens (primary N) is 1. The molecule has 30 heavy (non-hydrogen) atoms. The Labute approximate surface area is 173 Å². The molecule has 1 aliphatic rings. The lowest BCUT2D eigenvalue weighted by Gasteiger charge is -2.27. The van der Waals surface area contributed by atoms with E-state index in [0.29, 0.717) is 24.7 Å². The van der Waals surface area contributed by atoms with Crippen LogP contribution in [0.1, 0.15) is 19.8 Å². The maximum Gasteiger partial charge on any atom is 0.330 e. The van der Waals surface area contributed by atoms with Gasteiger partial charge in [-0.3, -0.25) is 19.1 Å². The standard InChI is InChI=1S/C20H27N5O5/c1-3-4-9-25-18(21)17(19(27)23-20(25)28)24(2)11-16(26)22-10-13-12-29-14-7-5-6-8-15(14)30-13/h5-8,13H,3-4,9-12,21H2,1-2H3,(H,22,26)(H,23,27,28)/t13-/m0/s1. The average Bonchev–Trinajstić information content (AvgIpc) is 2.71. The van der Waals surface area contributed by atoms with Crippen LogP contribution in [-0.4, -0.2) is 48.3 Å². The van der Waals surface area contributed by atoms with E-state index in [9.17, 15) is 14.4 Å². The maximum absolute atomic E-state index is 12.4. The summed E-state index contributed by atoms with van der Waals surface area (Å²) in [6, 6.07) is 7.33. The number of H-pyrrole nitrogens is 1. The first-order valence-corrected chi connectivity index (χ1v) is 9.89. The number of unbranched alkanes of at least 4 members (excludes halogenated alkanes) is 1. The van der Waals surface area contributed by atoms with Gasteiger partial charge in [-0.2, -0.15) is 0 Å². The maximum atomic E-state index is 12.4. The molecule has 2 aromatic rings. The van der Waals surface area contributed by atoms with Gasteiger partial charge in [0.1, 0.15) is 24.2 Å². The number of nitrogens with one attached hydrogen (secondary N) is 2. The summed E-state index contributed by atoms with van der Waals surface area (Å²) in [7, 11) is 1.58. The minimum absolute atomic E-state index is 0.0492. The number of hydrogen-bond donors (Lipinski definition) is 3. The van der Waals surface area contributed by atoms with Crippen molar-refractivity contribution in [2.24, 2.45) is 0 Å². The van der Waals surface area contributed by atoms with Gasteiger partial charge in [0.05, 0.1) is 13.1 Å². The molecule has 0 radical (unpaired) electrons. The lowest BCUT2D eigenvalue weighted by Crippen LogP contribution is -2.45. The molecule has 10 nitrogen and oxygen atoms in total. The highest BCUT2D eigenvalue weighted by Gasteiger charge is 2.22. The normalized spacial score (nSPS) is 14.9. The van der Waals surface area contributed by atoms with E-state index in [0.717, 1.165) is 12.8 Å². The number of ether oxygens (including phenoxy) is 2. The molecule has 1 atom stereocenters. The summed E-state index contributed by atoms with van der Waals surface area (Å²) in [5.41, 5.74) is 4.98. The number of amides is 1. The molecule has 162 valence electrons. The van der Waals surface area contributed by atoms with Crippen LogP contribution in [-0.2, 0) is 11.3 Å². The fraction of sp³-hybridized carbons (Fsp3) is 0.450. The molecule has 1 aromatic heterocycles. The van der Waals surface area contributed by atoms with Crippen molar-refractivity contribution in [1.29, 1.82) is 0 Å². The second-order valence-electron chi connectivity index (χ2n) is 7.16. The molecule has 0 unspecified atom stereocenters. The van der Waals surface area contributed by atoms with E-state index in [1.165, 1.54) is 9.47 Å². The highest BCUT2D eigenvalue weighted by Crippen LogP contribution is 2.30. The third-order valence-corrected chi connectivity index (χ3v) is 4.81. The smallest absolute Gasteiger partial charge is 0.330 e. The van der Waals surface area contributed by atoms with E-state index < -0.39 is 11.2 Å². The largest absolute Gasteiger partial charge is 0.486 e. The first kappa shape index (κ1) is 21.3. The number of benzene rings is 1. The van der Waals surface area contributed by atoms with Crippen molar-refractivity contribution in [2.45, 2.75) is 32.4 Å². The third-order valence-electron chi connectivity index (χ3n) is 4.81. The number of hydrogen-bond acceptors (Lipinski definition) is 7. The molecule has 0 saturated heterocycles. The van der Waals surface area contributed by atoms with Crippen molar-refractivity contribution in [3.8, 4) is 11.5 Å². The van der Waals surface area contributed by atoms with Gasteiger partial charge in [0.25, 0.3) is 5.56 Å². The summed E-state index contributed by atoms with van der Waals surface area (Å²) in [6.07, 6.45) is 1.29. The van der Waals surface area contributed by atoms with Gasteiger partial charge < -0.3 is 25.4 Å². The quantitative estimate of drug-likeness (QED) is 0.563.